The highest BCUT2D eigenvalue weighted by molar-refractivity contribution is 6.29. The molecule has 0 saturated heterocycles. The highest BCUT2D eigenvalue weighted by atomic mass is 35.5. The lowest BCUT2D eigenvalue weighted by atomic mass is 10.4. The molecule has 0 amide bonds. The fourth-order valence-electron chi connectivity index (χ4n) is 1.11. The average molecular weight is 226 g/mol. The van der Waals surface area contributed by atoms with Crippen LogP contribution in [0.3, 0.4) is 0 Å². The standard InChI is InChI=1S/C8H8ClN5O/c1-15-4-5-2-7(9)12-8(11-5)6-3-10-14-13-6/h2-3H,4H2,1H3,(H,10,13,14). The Hall–Kier alpha value is -1.53. The molecule has 1 N–H and O–H groups in total. The van der Waals surface area contributed by atoms with E-state index in [2.05, 4.69) is 25.4 Å². The number of methoxy groups -OCH3 is 1. The number of nitrogens with zero attached hydrogens (tertiary/aromatic N) is 4. The number of ether oxygens (including phenoxy) is 1. The Morgan fingerprint density at radius 3 is 3.00 bits per heavy atom. The smallest absolute Gasteiger partial charge is 0.183 e. The van der Waals surface area contributed by atoms with E-state index >= 15 is 0 Å². The van der Waals surface area contributed by atoms with Gasteiger partial charge in [-0.1, -0.05) is 11.6 Å². The van der Waals surface area contributed by atoms with Crippen LogP contribution in [0.5, 0.6) is 0 Å². The minimum absolute atomic E-state index is 0.357. The largest absolute Gasteiger partial charge is 0.378 e. The molecule has 0 unspecified atom stereocenters. The summed E-state index contributed by atoms with van der Waals surface area (Å²) in [5.74, 6) is 0.434. The van der Waals surface area contributed by atoms with Gasteiger partial charge >= 0.3 is 0 Å². The summed E-state index contributed by atoms with van der Waals surface area (Å²) in [6, 6.07) is 1.65. The normalized spacial score (nSPS) is 10.5. The van der Waals surface area contributed by atoms with E-state index in [1.165, 1.54) is 6.20 Å². The van der Waals surface area contributed by atoms with Gasteiger partial charge in [0.15, 0.2) is 5.82 Å². The maximum Gasteiger partial charge on any atom is 0.183 e. The summed E-state index contributed by atoms with van der Waals surface area (Å²) in [6.45, 7) is 0.382. The Kier molecular flexibility index (Phi) is 2.89. The number of aromatic nitrogens is 5. The number of nitrogens with one attached hydrogen (secondary N) is 1. The third kappa shape index (κ3) is 2.28. The molecule has 15 heavy (non-hydrogen) atoms. The first kappa shape index (κ1) is 10.0. The maximum absolute atomic E-state index is 5.84. The maximum atomic E-state index is 5.84. The average Bonchev–Trinajstić information content (AvgIpc) is 2.70. The third-order valence-electron chi connectivity index (χ3n) is 1.68. The first-order valence-electron chi connectivity index (χ1n) is 4.18. The minimum Gasteiger partial charge on any atom is -0.378 e. The second-order valence-electron chi connectivity index (χ2n) is 2.79. The molecule has 0 aliphatic heterocycles. The van der Waals surface area contributed by atoms with Crippen LogP contribution < -0.4 is 0 Å². The molecule has 0 radical (unpaired) electrons. The van der Waals surface area contributed by atoms with Crippen LogP contribution in [0, 0.1) is 0 Å². The topological polar surface area (TPSA) is 76.6 Å². The van der Waals surface area contributed by atoms with Gasteiger partial charge in [-0.2, -0.15) is 15.4 Å². The molecule has 0 saturated carbocycles. The van der Waals surface area contributed by atoms with Gasteiger partial charge in [-0.3, -0.25) is 0 Å². The molecule has 0 aliphatic rings. The van der Waals surface area contributed by atoms with Crippen LogP contribution in [-0.2, 0) is 11.3 Å². The van der Waals surface area contributed by atoms with Crippen molar-refractivity contribution in [2.45, 2.75) is 6.61 Å². The first-order valence-corrected chi connectivity index (χ1v) is 4.56. The Morgan fingerprint density at radius 2 is 2.33 bits per heavy atom. The molecule has 0 bridgehead atoms. The highest BCUT2D eigenvalue weighted by Crippen LogP contribution is 2.15. The number of rotatable bonds is 3. The van der Waals surface area contributed by atoms with E-state index in [1.54, 1.807) is 13.2 Å². The highest BCUT2D eigenvalue weighted by Gasteiger charge is 2.07. The van der Waals surface area contributed by atoms with Crippen LogP contribution >= 0.6 is 11.6 Å². The summed E-state index contributed by atoms with van der Waals surface area (Å²) >= 11 is 5.84. The summed E-state index contributed by atoms with van der Waals surface area (Å²) in [6.07, 6.45) is 1.53. The van der Waals surface area contributed by atoms with E-state index in [-0.39, 0.29) is 0 Å². The van der Waals surface area contributed by atoms with Crippen molar-refractivity contribution in [2.24, 2.45) is 0 Å². The molecular formula is C8H8ClN5O. The molecule has 2 aromatic rings. The number of H-pyrrole nitrogens is 1. The van der Waals surface area contributed by atoms with E-state index in [0.717, 1.165) is 0 Å². The van der Waals surface area contributed by atoms with Crippen LogP contribution in [0.25, 0.3) is 11.5 Å². The van der Waals surface area contributed by atoms with Gasteiger partial charge in [0.1, 0.15) is 10.8 Å². The van der Waals surface area contributed by atoms with Crippen molar-refractivity contribution in [3.63, 3.8) is 0 Å². The molecule has 0 aromatic carbocycles. The van der Waals surface area contributed by atoms with E-state index in [0.29, 0.717) is 29.0 Å². The zero-order valence-electron chi connectivity index (χ0n) is 7.94. The summed E-state index contributed by atoms with van der Waals surface area (Å²) in [5, 5.41) is 10.4. The lowest BCUT2D eigenvalue weighted by molar-refractivity contribution is 0.181. The van der Waals surface area contributed by atoms with Gasteiger partial charge in [-0.05, 0) is 6.07 Å². The predicted molar refractivity (Wildman–Crippen MR) is 53.1 cm³/mol. The SMILES string of the molecule is COCc1cc(Cl)nc(-c2cn[nH]n2)n1. The van der Waals surface area contributed by atoms with Crippen LogP contribution in [0.2, 0.25) is 5.15 Å². The Balaban J connectivity index is 2.40. The molecule has 78 valence electrons. The Labute approximate surface area is 90.7 Å². The van der Waals surface area contributed by atoms with E-state index in [4.69, 9.17) is 16.3 Å². The molecule has 7 heteroatoms. The molecule has 0 atom stereocenters. The summed E-state index contributed by atoms with van der Waals surface area (Å²) in [4.78, 5) is 8.26. The third-order valence-corrected chi connectivity index (χ3v) is 1.88. The zero-order chi connectivity index (χ0) is 10.7. The van der Waals surface area contributed by atoms with Crippen molar-refractivity contribution in [3.05, 3.63) is 23.1 Å². The minimum atomic E-state index is 0.357. The van der Waals surface area contributed by atoms with Crippen molar-refractivity contribution in [1.29, 1.82) is 0 Å². The van der Waals surface area contributed by atoms with Gasteiger partial charge in [0.05, 0.1) is 18.5 Å². The Bertz CT molecular complexity index is 444. The van der Waals surface area contributed by atoms with Crippen LogP contribution in [0.1, 0.15) is 5.69 Å². The van der Waals surface area contributed by atoms with Crippen LogP contribution in [0.15, 0.2) is 12.3 Å². The lowest BCUT2D eigenvalue weighted by Gasteiger charge is -2.01. The second-order valence-corrected chi connectivity index (χ2v) is 3.18. The summed E-state index contributed by atoms with van der Waals surface area (Å²) < 4.78 is 4.96. The Morgan fingerprint density at radius 1 is 1.47 bits per heavy atom. The monoisotopic (exact) mass is 225 g/mol. The van der Waals surface area contributed by atoms with Gasteiger partial charge in [0.2, 0.25) is 0 Å². The fraction of sp³-hybridized carbons (Fsp3) is 0.250. The van der Waals surface area contributed by atoms with Crippen molar-refractivity contribution in [2.75, 3.05) is 7.11 Å². The van der Waals surface area contributed by atoms with Gasteiger partial charge in [-0.25, -0.2) is 9.97 Å². The van der Waals surface area contributed by atoms with E-state index < -0.39 is 0 Å². The summed E-state index contributed by atoms with van der Waals surface area (Å²) in [5.41, 5.74) is 1.25. The first-order chi connectivity index (χ1) is 7.29. The molecule has 2 heterocycles. The van der Waals surface area contributed by atoms with Crippen molar-refractivity contribution in [3.8, 4) is 11.5 Å². The van der Waals surface area contributed by atoms with Crippen molar-refractivity contribution in [1.82, 2.24) is 25.4 Å². The molecule has 0 spiro atoms. The van der Waals surface area contributed by atoms with Gasteiger partial charge in [0, 0.05) is 7.11 Å². The van der Waals surface area contributed by atoms with Crippen molar-refractivity contribution < 1.29 is 4.74 Å². The number of halogens is 1. The second kappa shape index (κ2) is 4.33. The molecular weight excluding hydrogens is 218 g/mol. The predicted octanol–water partition coefficient (Wildman–Crippen LogP) is 1.06. The molecule has 0 fully saturated rings. The molecule has 2 rings (SSSR count). The quantitative estimate of drug-likeness (QED) is 0.791. The van der Waals surface area contributed by atoms with Gasteiger partial charge < -0.3 is 4.74 Å². The van der Waals surface area contributed by atoms with Crippen LogP contribution in [-0.4, -0.2) is 32.5 Å². The molecule has 0 aliphatic carbocycles. The number of aromatic amines is 1. The van der Waals surface area contributed by atoms with Gasteiger partial charge in [-0.15, -0.1) is 0 Å². The lowest BCUT2D eigenvalue weighted by Crippen LogP contribution is -1.97. The number of hydrogen-bond acceptors (Lipinski definition) is 5. The fourth-order valence-corrected chi connectivity index (χ4v) is 1.32. The summed E-state index contributed by atoms with van der Waals surface area (Å²) in [7, 11) is 1.59. The van der Waals surface area contributed by atoms with Crippen LogP contribution in [0.4, 0.5) is 0 Å². The van der Waals surface area contributed by atoms with E-state index in [1.807, 2.05) is 0 Å². The number of hydrogen-bond donors (Lipinski definition) is 1. The molecule has 2 aromatic heterocycles. The van der Waals surface area contributed by atoms with Gasteiger partial charge in [0.25, 0.3) is 0 Å². The molecule has 6 nitrogen and oxygen atoms in total. The zero-order valence-corrected chi connectivity index (χ0v) is 8.69. The van der Waals surface area contributed by atoms with Crippen molar-refractivity contribution >= 4 is 11.6 Å². The van der Waals surface area contributed by atoms with E-state index in [9.17, 15) is 0 Å².